The standard InChI is InChI=1S/C12H11ClN2O/c1-16-11-5-4-10(7-13)15-12(11)9-3-2-6-14-8-9/h2-6,8H,7H2,1H3. The van der Waals surface area contributed by atoms with Gasteiger partial charge < -0.3 is 4.74 Å². The van der Waals surface area contributed by atoms with Gasteiger partial charge in [0.15, 0.2) is 0 Å². The van der Waals surface area contributed by atoms with Gasteiger partial charge in [-0.1, -0.05) is 0 Å². The molecule has 4 heteroatoms. The Morgan fingerprint density at radius 3 is 2.81 bits per heavy atom. The first-order valence-electron chi connectivity index (χ1n) is 4.85. The predicted octanol–water partition coefficient (Wildman–Crippen LogP) is 2.89. The maximum atomic E-state index is 5.76. The van der Waals surface area contributed by atoms with Crippen molar-refractivity contribution >= 4 is 11.6 Å². The number of ether oxygens (including phenoxy) is 1. The zero-order chi connectivity index (χ0) is 11.4. The molecule has 2 heterocycles. The van der Waals surface area contributed by atoms with E-state index in [1.54, 1.807) is 19.5 Å². The van der Waals surface area contributed by atoms with Crippen LogP contribution in [0.3, 0.4) is 0 Å². The third kappa shape index (κ3) is 2.14. The summed E-state index contributed by atoms with van der Waals surface area (Å²) < 4.78 is 5.27. The first-order valence-corrected chi connectivity index (χ1v) is 5.39. The molecule has 0 aromatic carbocycles. The molecule has 0 bridgehead atoms. The fourth-order valence-corrected chi connectivity index (χ4v) is 1.58. The molecule has 0 spiro atoms. The van der Waals surface area contributed by atoms with Crippen molar-refractivity contribution in [2.45, 2.75) is 5.88 Å². The number of hydrogen-bond acceptors (Lipinski definition) is 3. The summed E-state index contributed by atoms with van der Waals surface area (Å²) in [7, 11) is 1.62. The van der Waals surface area contributed by atoms with Crippen molar-refractivity contribution < 1.29 is 4.74 Å². The van der Waals surface area contributed by atoms with Gasteiger partial charge in [-0.05, 0) is 24.3 Å². The molecule has 82 valence electrons. The SMILES string of the molecule is COc1ccc(CCl)nc1-c1cccnc1. The third-order valence-electron chi connectivity index (χ3n) is 2.21. The summed E-state index contributed by atoms with van der Waals surface area (Å²) in [5.41, 5.74) is 2.52. The number of alkyl halides is 1. The topological polar surface area (TPSA) is 35.0 Å². The number of pyridine rings is 2. The van der Waals surface area contributed by atoms with Crippen molar-refractivity contribution in [1.82, 2.24) is 9.97 Å². The van der Waals surface area contributed by atoms with Gasteiger partial charge in [0.25, 0.3) is 0 Å². The van der Waals surface area contributed by atoms with Crippen LogP contribution in [-0.2, 0) is 5.88 Å². The van der Waals surface area contributed by atoms with Gasteiger partial charge in [0.05, 0.1) is 18.7 Å². The monoisotopic (exact) mass is 234 g/mol. The summed E-state index contributed by atoms with van der Waals surface area (Å²) >= 11 is 5.76. The highest BCUT2D eigenvalue weighted by Gasteiger charge is 2.08. The highest BCUT2D eigenvalue weighted by molar-refractivity contribution is 6.16. The number of rotatable bonds is 3. The molecule has 0 fully saturated rings. The minimum atomic E-state index is 0.386. The average Bonchev–Trinajstić information content (AvgIpc) is 2.39. The molecule has 3 nitrogen and oxygen atoms in total. The van der Waals surface area contributed by atoms with Crippen molar-refractivity contribution in [3.63, 3.8) is 0 Å². The molecular formula is C12H11ClN2O. The first kappa shape index (κ1) is 10.9. The summed E-state index contributed by atoms with van der Waals surface area (Å²) in [5.74, 6) is 1.11. The van der Waals surface area contributed by atoms with Gasteiger partial charge in [-0.25, -0.2) is 4.98 Å². The molecule has 0 aliphatic rings. The lowest BCUT2D eigenvalue weighted by Crippen LogP contribution is -1.94. The highest BCUT2D eigenvalue weighted by Crippen LogP contribution is 2.27. The van der Waals surface area contributed by atoms with Gasteiger partial charge in [0.1, 0.15) is 11.4 Å². The molecule has 0 N–H and O–H groups in total. The Hall–Kier alpha value is -1.61. The van der Waals surface area contributed by atoms with Crippen molar-refractivity contribution in [2.75, 3.05) is 7.11 Å². The summed E-state index contributed by atoms with van der Waals surface area (Å²) in [5, 5.41) is 0. The second-order valence-electron chi connectivity index (χ2n) is 3.23. The van der Waals surface area contributed by atoms with Crippen LogP contribution in [0.2, 0.25) is 0 Å². The molecule has 0 unspecified atom stereocenters. The van der Waals surface area contributed by atoms with Crippen molar-refractivity contribution in [3.05, 3.63) is 42.4 Å². The van der Waals surface area contributed by atoms with Crippen LogP contribution in [-0.4, -0.2) is 17.1 Å². The zero-order valence-corrected chi connectivity index (χ0v) is 9.61. The largest absolute Gasteiger partial charge is 0.494 e. The molecule has 0 saturated carbocycles. The van der Waals surface area contributed by atoms with E-state index in [4.69, 9.17) is 16.3 Å². The van der Waals surface area contributed by atoms with Crippen LogP contribution >= 0.6 is 11.6 Å². The number of hydrogen-bond donors (Lipinski definition) is 0. The van der Waals surface area contributed by atoms with Gasteiger partial charge in [-0.2, -0.15) is 0 Å². The van der Waals surface area contributed by atoms with Crippen molar-refractivity contribution in [3.8, 4) is 17.0 Å². The molecule has 2 rings (SSSR count). The summed E-state index contributed by atoms with van der Waals surface area (Å²) in [6.45, 7) is 0. The second-order valence-corrected chi connectivity index (χ2v) is 3.50. The predicted molar refractivity (Wildman–Crippen MR) is 63.6 cm³/mol. The Morgan fingerprint density at radius 2 is 2.19 bits per heavy atom. The van der Waals surface area contributed by atoms with Gasteiger partial charge in [0, 0.05) is 18.0 Å². The second kappa shape index (κ2) is 4.94. The van der Waals surface area contributed by atoms with Gasteiger partial charge >= 0.3 is 0 Å². The van der Waals surface area contributed by atoms with Gasteiger partial charge in [-0.3, -0.25) is 4.98 Å². The lowest BCUT2D eigenvalue weighted by atomic mass is 10.1. The van der Waals surface area contributed by atoms with Crippen LogP contribution in [0.15, 0.2) is 36.7 Å². The van der Waals surface area contributed by atoms with E-state index in [1.165, 1.54) is 0 Å². The number of methoxy groups -OCH3 is 1. The lowest BCUT2D eigenvalue weighted by molar-refractivity contribution is 0.414. The van der Waals surface area contributed by atoms with E-state index >= 15 is 0 Å². The third-order valence-corrected chi connectivity index (χ3v) is 2.48. The number of halogens is 1. The van der Waals surface area contributed by atoms with Crippen LogP contribution in [0, 0.1) is 0 Å². The van der Waals surface area contributed by atoms with Crippen molar-refractivity contribution in [1.29, 1.82) is 0 Å². The number of nitrogens with zero attached hydrogens (tertiary/aromatic N) is 2. The fourth-order valence-electron chi connectivity index (χ4n) is 1.44. The van der Waals surface area contributed by atoms with Gasteiger partial charge in [-0.15, -0.1) is 11.6 Å². The first-order chi connectivity index (χ1) is 7.85. The average molecular weight is 235 g/mol. The van der Waals surface area contributed by atoms with Crippen LogP contribution in [0.4, 0.5) is 0 Å². The molecule has 0 saturated heterocycles. The maximum Gasteiger partial charge on any atom is 0.145 e. The number of aromatic nitrogens is 2. The normalized spacial score (nSPS) is 10.1. The quantitative estimate of drug-likeness (QED) is 0.766. The molecule has 2 aromatic rings. The summed E-state index contributed by atoms with van der Waals surface area (Å²) in [4.78, 5) is 8.50. The van der Waals surface area contributed by atoms with E-state index in [1.807, 2.05) is 24.3 Å². The van der Waals surface area contributed by atoms with Gasteiger partial charge in [0.2, 0.25) is 0 Å². The smallest absolute Gasteiger partial charge is 0.145 e. The van der Waals surface area contributed by atoms with E-state index in [-0.39, 0.29) is 0 Å². The van der Waals surface area contributed by atoms with Crippen LogP contribution in [0.25, 0.3) is 11.3 Å². The molecule has 16 heavy (non-hydrogen) atoms. The molecule has 2 aromatic heterocycles. The molecule has 0 amide bonds. The van der Waals surface area contributed by atoms with Crippen LogP contribution in [0.1, 0.15) is 5.69 Å². The molecule has 0 aliphatic carbocycles. The minimum absolute atomic E-state index is 0.386. The minimum Gasteiger partial charge on any atom is -0.494 e. The Kier molecular flexibility index (Phi) is 3.37. The fraction of sp³-hybridized carbons (Fsp3) is 0.167. The Bertz CT molecular complexity index is 474. The Balaban J connectivity index is 2.53. The summed E-state index contributed by atoms with van der Waals surface area (Å²) in [6, 6.07) is 7.53. The van der Waals surface area contributed by atoms with E-state index in [9.17, 15) is 0 Å². The molecule has 0 aliphatic heterocycles. The lowest BCUT2D eigenvalue weighted by Gasteiger charge is -2.08. The summed E-state index contributed by atoms with van der Waals surface area (Å²) in [6.07, 6.45) is 3.48. The molecule has 0 radical (unpaired) electrons. The Morgan fingerprint density at radius 1 is 1.31 bits per heavy atom. The maximum absolute atomic E-state index is 5.76. The van der Waals surface area contributed by atoms with Crippen molar-refractivity contribution in [2.24, 2.45) is 0 Å². The molecular weight excluding hydrogens is 224 g/mol. The van der Waals surface area contributed by atoms with E-state index in [0.29, 0.717) is 5.88 Å². The highest BCUT2D eigenvalue weighted by atomic mass is 35.5. The van der Waals surface area contributed by atoms with Crippen LogP contribution < -0.4 is 4.74 Å². The van der Waals surface area contributed by atoms with Crippen LogP contribution in [0.5, 0.6) is 5.75 Å². The zero-order valence-electron chi connectivity index (χ0n) is 8.85. The van der Waals surface area contributed by atoms with E-state index in [0.717, 1.165) is 22.7 Å². The van der Waals surface area contributed by atoms with E-state index in [2.05, 4.69) is 9.97 Å². The Labute approximate surface area is 99.1 Å². The molecule has 0 atom stereocenters. The van der Waals surface area contributed by atoms with E-state index < -0.39 is 0 Å².